The van der Waals surface area contributed by atoms with E-state index in [-0.39, 0.29) is 5.54 Å². The lowest BCUT2D eigenvalue weighted by molar-refractivity contribution is -0.0101. The molecule has 1 aromatic rings. The maximum Gasteiger partial charge on any atom is 0.187 e. The molecule has 2 N–H and O–H groups in total. The quantitative estimate of drug-likeness (QED) is 0.475. The smallest absolute Gasteiger partial charge is 0.187 e. The molecule has 0 saturated heterocycles. The topological polar surface area (TPSA) is 36.4 Å². The predicted molar refractivity (Wildman–Crippen MR) is 108 cm³/mol. The molecule has 25 heavy (non-hydrogen) atoms. The van der Waals surface area contributed by atoms with Crippen molar-refractivity contribution in [2.24, 2.45) is 22.9 Å². The van der Waals surface area contributed by atoms with Gasteiger partial charge in [0.15, 0.2) is 5.11 Å². The first-order chi connectivity index (χ1) is 12.1. The van der Waals surface area contributed by atoms with Crippen LogP contribution in [0.1, 0.15) is 51.0 Å². The number of hydrogen-bond donors (Lipinski definition) is 2. The summed E-state index contributed by atoms with van der Waals surface area (Å²) >= 11 is 5.52. The molecule has 0 amide bonds. The van der Waals surface area contributed by atoms with E-state index in [1.807, 2.05) is 31.3 Å². The predicted octanol–water partition coefficient (Wildman–Crippen LogP) is 4.51. The lowest BCUT2D eigenvalue weighted by Gasteiger charge is -2.57. The average molecular weight is 354 g/mol. The van der Waals surface area contributed by atoms with Crippen LogP contribution in [0.3, 0.4) is 0 Å². The van der Waals surface area contributed by atoms with Crippen LogP contribution < -0.4 is 10.7 Å². The molecule has 0 aromatic heterocycles. The van der Waals surface area contributed by atoms with E-state index in [4.69, 9.17) is 12.2 Å². The SMILES string of the molecule is CC(C=NNC(=S)NC12CC3CC(CC(C3)C1)C2)=Cc1ccccc1. The largest absolute Gasteiger partial charge is 0.356 e. The van der Waals surface area contributed by atoms with E-state index < -0.39 is 0 Å². The fourth-order valence-electron chi connectivity index (χ4n) is 5.57. The Morgan fingerprint density at radius 3 is 2.28 bits per heavy atom. The molecule has 1 aromatic carbocycles. The van der Waals surface area contributed by atoms with Gasteiger partial charge in [0, 0.05) is 5.54 Å². The van der Waals surface area contributed by atoms with E-state index in [1.54, 1.807) is 0 Å². The van der Waals surface area contributed by atoms with E-state index in [0.717, 1.165) is 23.3 Å². The van der Waals surface area contributed by atoms with Gasteiger partial charge in [-0.1, -0.05) is 36.4 Å². The molecular weight excluding hydrogens is 326 g/mol. The molecule has 3 nitrogen and oxygen atoms in total. The summed E-state index contributed by atoms with van der Waals surface area (Å²) < 4.78 is 0. The minimum absolute atomic E-state index is 0.239. The Kier molecular flexibility index (Phi) is 4.63. The maximum absolute atomic E-state index is 5.52. The van der Waals surface area contributed by atoms with Gasteiger partial charge in [0.25, 0.3) is 0 Å². The van der Waals surface area contributed by atoms with Crippen molar-refractivity contribution in [3.8, 4) is 0 Å². The third-order valence-electron chi connectivity index (χ3n) is 6.05. The Hall–Kier alpha value is -1.68. The minimum atomic E-state index is 0.239. The number of hydrogen-bond acceptors (Lipinski definition) is 2. The van der Waals surface area contributed by atoms with Gasteiger partial charge in [-0.3, -0.25) is 5.43 Å². The lowest BCUT2D eigenvalue weighted by atomic mass is 9.53. The highest BCUT2D eigenvalue weighted by atomic mass is 32.1. The van der Waals surface area contributed by atoms with E-state index >= 15 is 0 Å². The van der Waals surface area contributed by atoms with Gasteiger partial charge in [-0.15, -0.1) is 0 Å². The van der Waals surface area contributed by atoms with Crippen LogP contribution >= 0.6 is 12.2 Å². The van der Waals surface area contributed by atoms with E-state index in [1.165, 1.54) is 44.1 Å². The summed E-state index contributed by atoms with van der Waals surface area (Å²) in [5.74, 6) is 2.75. The standard InChI is InChI=1S/C21H27N3S/c1-15(7-16-5-3-2-4-6-16)14-22-24-20(25)23-21-11-17-8-18(12-21)10-19(9-17)13-21/h2-7,14,17-19H,8-13H2,1H3,(H2,23,24,25). The summed E-state index contributed by atoms with van der Waals surface area (Å²) in [7, 11) is 0. The van der Waals surface area contributed by atoms with Crippen molar-refractivity contribution in [3.05, 3.63) is 41.5 Å². The molecule has 5 rings (SSSR count). The van der Waals surface area contributed by atoms with E-state index in [0.29, 0.717) is 5.11 Å². The number of nitrogens with one attached hydrogen (secondary N) is 2. The molecule has 4 saturated carbocycles. The van der Waals surface area contributed by atoms with Crippen molar-refractivity contribution in [3.63, 3.8) is 0 Å². The van der Waals surface area contributed by atoms with Crippen LogP contribution in [0, 0.1) is 17.8 Å². The molecule has 4 heteroatoms. The number of thiocarbonyl (C=S) groups is 1. The molecule has 4 aliphatic carbocycles. The number of hydrazone groups is 1. The molecule has 0 heterocycles. The number of allylic oxidation sites excluding steroid dienone is 1. The Bertz CT molecular complexity index is 657. The summed E-state index contributed by atoms with van der Waals surface area (Å²) in [6.45, 7) is 2.05. The summed E-state index contributed by atoms with van der Waals surface area (Å²) in [6.07, 6.45) is 12.2. The van der Waals surface area contributed by atoms with Crippen molar-refractivity contribution in [2.75, 3.05) is 0 Å². The van der Waals surface area contributed by atoms with Crippen LogP contribution in [0.25, 0.3) is 6.08 Å². The third-order valence-corrected chi connectivity index (χ3v) is 6.24. The second kappa shape index (κ2) is 6.91. The highest BCUT2D eigenvalue weighted by molar-refractivity contribution is 7.80. The molecule has 0 unspecified atom stereocenters. The second-order valence-corrected chi connectivity index (χ2v) is 8.73. The van der Waals surface area contributed by atoms with Gasteiger partial charge in [0.05, 0.1) is 6.21 Å². The number of benzene rings is 1. The van der Waals surface area contributed by atoms with Crippen molar-refractivity contribution < 1.29 is 0 Å². The molecule has 4 bridgehead atoms. The zero-order valence-corrected chi connectivity index (χ0v) is 15.7. The minimum Gasteiger partial charge on any atom is -0.356 e. The van der Waals surface area contributed by atoms with E-state index in [2.05, 4.69) is 34.1 Å². The maximum atomic E-state index is 5.52. The molecule has 0 radical (unpaired) electrons. The first-order valence-corrected chi connectivity index (χ1v) is 9.86. The fourth-order valence-corrected chi connectivity index (χ4v) is 5.84. The van der Waals surface area contributed by atoms with Crippen molar-refractivity contribution in [1.82, 2.24) is 10.7 Å². The Balaban J connectivity index is 1.31. The average Bonchev–Trinajstić information content (AvgIpc) is 2.53. The third kappa shape index (κ3) is 3.95. The van der Waals surface area contributed by atoms with Crippen LogP contribution in [0.5, 0.6) is 0 Å². The monoisotopic (exact) mass is 353 g/mol. The van der Waals surface area contributed by atoms with Crippen LogP contribution in [-0.2, 0) is 0 Å². The molecule has 4 fully saturated rings. The summed E-state index contributed by atoms with van der Waals surface area (Å²) in [5.41, 5.74) is 5.54. The molecule has 0 aliphatic heterocycles. The van der Waals surface area contributed by atoms with Crippen LogP contribution in [0.15, 0.2) is 41.0 Å². The first-order valence-electron chi connectivity index (χ1n) is 9.45. The van der Waals surface area contributed by atoms with Crippen LogP contribution in [-0.4, -0.2) is 16.9 Å². The first kappa shape index (κ1) is 16.8. The molecule has 0 spiro atoms. The van der Waals surface area contributed by atoms with Crippen molar-refractivity contribution in [1.29, 1.82) is 0 Å². The van der Waals surface area contributed by atoms with Crippen LogP contribution in [0.4, 0.5) is 0 Å². The molecule has 132 valence electrons. The highest BCUT2D eigenvalue weighted by Gasteiger charge is 2.51. The van der Waals surface area contributed by atoms with Gasteiger partial charge in [-0.25, -0.2) is 0 Å². The second-order valence-electron chi connectivity index (χ2n) is 8.32. The van der Waals surface area contributed by atoms with Gasteiger partial charge in [-0.2, -0.15) is 5.10 Å². The normalized spacial score (nSPS) is 33.6. The van der Waals surface area contributed by atoms with Gasteiger partial charge in [0.2, 0.25) is 0 Å². The summed E-state index contributed by atoms with van der Waals surface area (Å²) in [5, 5.41) is 8.63. The highest BCUT2D eigenvalue weighted by Crippen LogP contribution is 2.55. The van der Waals surface area contributed by atoms with Gasteiger partial charge in [0.1, 0.15) is 0 Å². The zero-order valence-electron chi connectivity index (χ0n) is 14.9. The molecular formula is C21H27N3S. The molecule has 0 atom stereocenters. The fraction of sp³-hybridized carbons (Fsp3) is 0.524. The van der Waals surface area contributed by atoms with Gasteiger partial charge in [-0.05, 0) is 86.6 Å². The zero-order chi connectivity index (χ0) is 17.3. The van der Waals surface area contributed by atoms with Gasteiger partial charge < -0.3 is 5.32 Å². The van der Waals surface area contributed by atoms with Crippen molar-refractivity contribution >= 4 is 29.6 Å². The lowest BCUT2D eigenvalue weighted by Crippen LogP contribution is -2.61. The Morgan fingerprint density at radius 1 is 1.08 bits per heavy atom. The Morgan fingerprint density at radius 2 is 1.68 bits per heavy atom. The summed E-state index contributed by atoms with van der Waals surface area (Å²) in [6, 6.07) is 10.3. The summed E-state index contributed by atoms with van der Waals surface area (Å²) in [4.78, 5) is 0. The Labute approximate surface area is 156 Å². The number of rotatable bonds is 4. The van der Waals surface area contributed by atoms with E-state index in [9.17, 15) is 0 Å². The molecule has 4 aliphatic rings. The van der Waals surface area contributed by atoms with Crippen molar-refractivity contribution in [2.45, 2.75) is 51.0 Å². The number of nitrogens with zero attached hydrogens (tertiary/aromatic N) is 1. The van der Waals surface area contributed by atoms with Crippen LogP contribution in [0.2, 0.25) is 0 Å². The van der Waals surface area contributed by atoms with Gasteiger partial charge >= 0.3 is 0 Å².